The highest BCUT2D eigenvalue weighted by Gasteiger charge is 2.01. The van der Waals surface area contributed by atoms with Crippen molar-refractivity contribution in [3.63, 3.8) is 0 Å². The number of nitrogens with zero attached hydrogens (tertiary/aromatic N) is 1. The second-order valence-electron chi connectivity index (χ2n) is 7.60. The van der Waals surface area contributed by atoms with E-state index >= 15 is 0 Å². The SMILES string of the molecule is C=C(C)C(=O)NC(C)C.C=CC(=O)NC(C)C.CC(C)NC(=O)/C=C/CN(C)C. The van der Waals surface area contributed by atoms with Gasteiger partial charge in [0.25, 0.3) is 0 Å². The van der Waals surface area contributed by atoms with E-state index in [4.69, 9.17) is 0 Å². The van der Waals surface area contributed by atoms with Gasteiger partial charge in [-0.05, 0) is 68.6 Å². The van der Waals surface area contributed by atoms with Crippen molar-refractivity contribution in [3.05, 3.63) is 37.0 Å². The van der Waals surface area contributed by atoms with Gasteiger partial charge in [-0.15, -0.1) is 0 Å². The number of carbonyl (C=O) groups is 3. The van der Waals surface area contributed by atoms with Gasteiger partial charge < -0.3 is 20.9 Å². The van der Waals surface area contributed by atoms with Crippen LogP contribution >= 0.6 is 0 Å². The average Bonchev–Trinajstić information content (AvgIpc) is 2.53. The Bertz CT molecular complexity index is 536. The molecule has 0 bridgehead atoms. The summed E-state index contributed by atoms with van der Waals surface area (Å²) >= 11 is 0. The molecule has 7 heteroatoms. The molecule has 0 aromatic carbocycles. The zero-order chi connectivity index (χ0) is 23.6. The molecule has 0 aromatic rings. The fraction of sp³-hybridized carbons (Fsp3) is 0.591. The average molecular weight is 411 g/mol. The maximum Gasteiger partial charge on any atom is 0.246 e. The van der Waals surface area contributed by atoms with Crippen molar-refractivity contribution in [2.75, 3.05) is 20.6 Å². The van der Waals surface area contributed by atoms with Gasteiger partial charge in [0.1, 0.15) is 0 Å². The van der Waals surface area contributed by atoms with Gasteiger partial charge in [-0.2, -0.15) is 0 Å². The molecule has 0 radical (unpaired) electrons. The summed E-state index contributed by atoms with van der Waals surface area (Å²) in [6.45, 7) is 20.8. The highest BCUT2D eigenvalue weighted by Crippen LogP contribution is 1.87. The Kier molecular flexibility index (Phi) is 20.4. The van der Waals surface area contributed by atoms with E-state index in [1.165, 1.54) is 6.08 Å². The first kappa shape index (κ1) is 31.3. The van der Waals surface area contributed by atoms with Crippen LogP contribution in [-0.2, 0) is 14.4 Å². The van der Waals surface area contributed by atoms with Gasteiger partial charge in [0.15, 0.2) is 0 Å². The summed E-state index contributed by atoms with van der Waals surface area (Å²) < 4.78 is 0. The molecule has 0 aliphatic heterocycles. The number of hydrogen-bond donors (Lipinski definition) is 3. The Morgan fingerprint density at radius 2 is 1.28 bits per heavy atom. The molecule has 0 aliphatic carbocycles. The van der Waals surface area contributed by atoms with Crippen LogP contribution in [0.15, 0.2) is 37.0 Å². The molecule has 0 heterocycles. The molecular weight excluding hydrogens is 368 g/mol. The fourth-order valence-electron chi connectivity index (χ4n) is 1.43. The van der Waals surface area contributed by atoms with Crippen LogP contribution in [0.5, 0.6) is 0 Å². The molecule has 3 N–H and O–H groups in total. The lowest BCUT2D eigenvalue weighted by Gasteiger charge is -2.06. The van der Waals surface area contributed by atoms with Crippen LogP contribution in [0.4, 0.5) is 0 Å². The minimum atomic E-state index is -0.111. The molecule has 0 fully saturated rings. The minimum absolute atomic E-state index is 0.0214. The molecule has 0 saturated heterocycles. The summed E-state index contributed by atoms with van der Waals surface area (Å²) in [6, 6.07) is 0.621. The van der Waals surface area contributed by atoms with Gasteiger partial charge in [-0.1, -0.05) is 19.2 Å². The van der Waals surface area contributed by atoms with E-state index in [-0.39, 0.29) is 35.8 Å². The van der Waals surface area contributed by atoms with Crippen molar-refractivity contribution in [1.82, 2.24) is 20.9 Å². The minimum Gasteiger partial charge on any atom is -0.350 e. The molecule has 29 heavy (non-hydrogen) atoms. The third-order valence-electron chi connectivity index (χ3n) is 2.59. The Hall–Kier alpha value is -2.41. The lowest BCUT2D eigenvalue weighted by molar-refractivity contribution is -0.118. The molecule has 0 aromatic heterocycles. The number of carbonyl (C=O) groups excluding carboxylic acids is 3. The first-order valence-corrected chi connectivity index (χ1v) is 9.73. The van der Waals surface area contributed by atoms with Crippen LogP contribution in [0, 0.1) is 0 Å². The Morgan fingerprint density at radius 3 is 1.52 bits per heavy atom. The molecule has 0 rings (SSSR count). The molecule has 0 unspecified atom stereocenters. The molecule has 0 aliphatic rings. The van der Waals surface area contributed by atoms with Crippen LogP contribution in [0.25, 0.3) is 0 Å². The summed E-state index contributed by atoms with van der Waals surface area (Å²) in [7, 11) is 3.93. The summed E-state index contributed by atoms with van der Waals surface area (Å²) in [6.07, 6.45) is 4.68. The van der Waals surface area contributed by atoms with Crippen LogP contribution < -0.4 is 16.0 Å². The van der Waals surface area contributed by atoms with Crippen LogP contribution in [0.3, 0.4) is 0 Å². The van der Waals surface area contributed by atoms with E-state index in [1.807, 2.05) is 66.6 Å². The van der Waals surface area contributed by atoms with Crippen molar-refractivity contribution in [1.29, 1.82) is 0 Å². The van der Waals surface area contributed by atoms with Crippen LogP contribution in [-0.4, -0.2) is 61.4 Å². The topological polar surface area (TPSA) is 90.5 Å². The number of hydrogen-bond acceptors (Lipinski definition) is 4. The Balaban J connectivity index is -0.000000359. The van der Waals surface area contributed by atoms with Crippen molar-refractivity contribution in [2.24, 2.45) is 0 Å². The van der Waals surface area contributed by atoms with Gasteiger partial charge >= 0.3 is 0 Å². The maximum atomic E-state index is 11.0. The number of nitrogens with one attached hydrogen (secondary N) is 3. The largest absolute Gasteiger partial charge is 0.350 e. The highest BCUT2D eigenvalue weighted by molar-refractivity contribution is 5.92. The third-order valence-corrected chi connectivity index (χ3v) is 2.59. The molecule has 0 atom stereocenters. The second-order valence-corrected chi connectivity index (χ2v) is 7.60. The number of rotatable bonds is 8. The van der Waals surface area contributed by atoms with Gasteiger partial charge in [0.05, 0.1) is 0 Å². The lowest BCUT2D eigenvalue weighted by atomic mass is 10.3. The Labute approximate surface area is 177 Å². The van der Waals surface area contributed by atoms with E-state index in [0.29, 0.717) is 5.57 Å². The normalized spacial score (nSPS) is 10.1. The highest BCUT2D eigenvalue weighted by atomic mass is 16.2. The van der Waals surface area contributed by atoms with Crippen LogP contribution in [0.1, 0.15) is 48.5 Å². The Morgan fingerprint density at radius 1 is 0.862 bits per heavy atom. The number of likely N-dealkylation sites (N-methyl/N-ethyl adjacent to an activating group) is 1. The first-order valence-electron chi connectivity index (χ1n) is 9.73. The molecule has 168 valence electrons. The zero-order valence-corrected chi connectivity index (χ0v) is 19.8. The molecule has 0 spiro atoms. The quantitative estimate of drug-likeness (QED) is 0.536. The van der Waals surface area contributed by atoms with Crippen molar-refractivity contribution in [2.45, 2.75) is 66.6 Å². The van der Waals surface area contributed by atoms with E-state index < -0.39 is 0 Å². The van der Waals surface area contributed by atoms with Crippen LogP contribution in [0.2, 0.25) is 0 Å². The monoisotopic (exact) mass is 410 g/mol. The van der Waals surface area contributed by atoms with E-state index in [2.05, 4.69) is 29.1 Å². The van der Waals surface area contributed by atoms with Gasteiger partial charge in [-0.3, -0.25) is 14.4 Å². The smallest absolute Gasteiger partial charge is 0.246 e. The van der Waals surface area contributed by atoms with Crippen molar-refractivity contribution < 1.29 is 14.4 Å². The second kappa shape index (κ2) is 18.9. The lowest BCUT2D eigenvalue weighted by Crippen LogP contribution is -2.30. The predicted molar refractivity (Wildman–Crippen MR) is 123 cm³/mol. The molecule has 7 nitrogen and oxygen atoms in total. The van der Waals surface area contributed by atoms with Gasteiger partial charge in [0.2, 0.25) is 17.7 Å². The first-order chi connectivity index (χ1) is 13.2. The summed E-state index contributed by atoms with van der Waals surface area (Å²) in [5.41, 5.74) is 0.559. The van der Waals surface area contributed by atoms with E-state index in [0.717, 1.165) is 6.54 Å². The van der Waals surface area contributed by atoms with Crippen molar-refractivity contribution in [3.8, 4) is 0 Å². The van der Waals surface area contributed by atoms with Crippen molar-refractivity contribution >= 4 is 17.7 Å². The summed E-state index contributed by atoms with van der Waals surface area (Å²) in [5.74, 6) is -0.197. The molecule has 0 saturated carbocycles. The number of amides is 3. The van der Waals surface area contributed by atoms with E-state index in [1.54, 1.807) is 13.0 Å². The molecular formula is C22H42N4O3. The molecule has 3 amide bonds. The standard InChI is InChI=1S/C9H18N2O.C7H13NO.C6H11NO/c1-8(2)10-9(12)6-5-7-11(3)4;1-5(2)7(9)8-6(3)4;1-4-6(8)7-5(2)3/h5-6,8H,7H2,1-4H3,(H,10,12);6H,1H2,2-4H3,(H,8,9);4-5H,1H2,2-3H3,(H,7,8)/b6-5+;;. The predicted octanol–water partition coefficient (Wildman–Crippen LogP) is 2.41. The maximum absolute atomic E-state index is 11.0. The van der Waals surface area contributed by atoms with Gasteiger partial charge in [-0.25, -0.2) is 0 Å². The fourth-order valence-corrected chi connectivity index (χ4v) is 1.43. The third kappa shape index (κ3) is 30.6. The summed E-state index contributed by atoms with van der Waals surface area (Å²) in [4.78, 5) is 34.2. The zero-order valence-electron chi connectivity index (χ0n) is 19.8. The van der Waals surface area contributed by atoms with Gasteiger partial charge in [0, 0.05) is 36.3 Å². The summed E-state index contributed by atoms with van der Waals surface area (Å²) in [5, 5.41) is 8.11. The van der Waals surface area contributed by atoms with E-state index in [9.17, 15) is 14.4 Å².